The van der Waals surface area contributed by atoms with Crippen LogP contribution in [0.1, 0.15) is 31.3 Å². The number of carbonyl (C=O) groups is 1. The van der Waals surface area contributed by atoms with Crippen LogP contribution in [0.4, 0.5) is 5.13 Å². The second kappa shape index (κ2) is 9.58. The SMILES string of the molecule is CCOc1ccc2nc(NC(=O)c3cn(CC(OCC)OCC)nn3)sc2c1. The lowest BCUT2D eigenvalue weighted by molar-refractivity contribution is -0.145. The van der Waals surface area contributed by atoms with Gasteiger partial charge in [0, 0.05) is 13.2 Å². The van der Waals surface area contributed by atoms with Crippen LogP contribution in [0.5, 0.6) is 5.75 Å². The Hall–Kier alpha value is -2.56. The van der Waals surface area contributed by atoms with Crippen molar-refractivity contribution in [2.75, 3.05) is 25.1 Å². The number of nitrogens with one attached hydrogen (secondary N) is 1. The summed E-state index contributed by atoms with van der Waals surface area (Å²) in [7, 11) is 0. The van der Waals surface area contributed by atoms with E-state index in [2.05, 4.69) is 20.6 Å². The van der Waals surface area contributed by atoms with Gasteiger partial charge in [0.1, 0.15) is 5.75 Å². The number of amides is 1. The molecule has 0 spiro atoms. The first kappa shape index (κ1) is 20.2. The Labute approximate surface area is 166 Å². The number of aromatic nitrogens is 4. The summed E-state index contributed by atoms with van der Waals surface area (Å²) in [6.45, 7) is 7.70. The van der Waals surface area contributed by atoms with E-state index in [1.54, 1.807) is 6.20 Å². The number of thiazole rings is 1. The first-order valence-corrected chi connectivity index (χ1v) is 9.92. The zero-order valence-corrected chi connectivity index (χ0v) is 16.9. The summed E-state index contributed by atoms with van der Waals surface area (Å²) in [6.07, 6.45) is 1.12. The van der Waals surface area contributed by atoms with Crippen molar-refractivity contribution in [2.45, 2.75) is 33.6 Å². The molecule has 150 valence electrons. The predicted octanol–water partition coefficient (Wildman–Crippen LogP) is 2.94. The third-order valence-corrected chi connectivity index (χ3v) is 4.64. The van der Waals surface area contributed by atoms with Crippen LogP contribution >= 0.6 is 11.3 Å². The summed E-state index contributed by atoms with van der Waals surface area (Å²) in [5.74, 6) is 0.400. The molecular formula is C18H23N5O4S. The van der Waals surface area contributed by atoms with Gasteiger partial charge in [0.25, 0.3) is 5.91 Å². The van der Waals surface area contributed by atoms with Gasteiger partial charge < -0.3 is 14.2 Å². The Morgan fingerprint density at radius 1 is 1.21 bits per heavy atom. The molecule has 0 fully saturated rings. The molecule has 0 unspecified atom stereocenters. The van der Waals surface area contributed by atoms with Crippen molar-refractivity contribution in [3.05, 3.63) is 30.1 Å². The summed E-state index contributed by atoms with van der Waals surface area (Å²) in [6, 6.07) is 5.63. The molecule has 0 aliphatic rings. The van der Waals surface area contributed by atoms with E-state index < -0.39 is 6.29 Å². The van der Waals surface area contributed by atoms with Crippen molar-refractivity contribution in [3.63, 3.8) is 0 Å². The Morgan fingerprint density at radius 2 is 2.00 bits per heavy atom. The van der Waals surface area contributed by atoms with Crippen LogP contribution in [0.15, 0.2) is 24.4 Å². The molecule has 2 aromatic heterocycles. The zero-order valence-electron chi connectivity index (χ0n) is 16.0. The number of anilines is 1. The molecular weight excluding hydrogens is 382 g/mol. The minimum Gasteiger partial charge on any atom is -0.494 e. The third-order valence-electron chi connectivity index (χ3n) is 3.70. The van der Waals surface area contributed by atoms with Gasteiger partial charge in [-0.05, 0) is 39.0 Å². The molecule has 1 amide bonds. The molecule has 0 aliphatic carbocycles. The van der Waals surface area contributed by atoms with Gasteiger partial charge in [-0.3, -0.25) is 10.1 Å². The molecule has 9 nitrogen and oxygen atoms in total. The van der Waals surface area contributed by atoms with Crippen molar-refractivity contribution in [1.82, 2.24) is 20.0 Å². The maximum atomic E-state index is 12.5. The maximum absolute atomic E-state index is 12.5. The average molecular weight is 405 g/mol. The monoisotopic (exact) mass is 405 g/mol. The molecule has 0 bridgehead atoms. The fourth-order valence-electron chi connectivity index (χ4n) is 2.55. The lowest BCUT2D eigenvalue weighted by Gasteiger charge is -2.16. The number of hydrogen-bond donors (Lipinski definition) is 1. The zero-order chi connectivity index (χ0) is 19.9. The Kier molecular flexibility index (Phi) is 6.90. The normalized spacial score (nSPS) is 11.3. The smallest absolute Gasteiger partial charge is 0.279 e. The van der Waals surface area contributed by atoms with Crippen LogP contribution in [0.2, 0.25) is 0 Å². The number of hydrogen-bond acceptors (Lipinski definition) is 8. The van der Waals surface area contributed by atoms with Crippen LogP contribution < -0.4 is 10.1 Å². The van der Waals surface area contributed by atoms with Crippen molar-refractivity contribution in [1.29, 1.82) is 0 Å². The lowest BCUT2D eigenvalue weighted by Crippen LogP contribution is -2.24. The third kappa shape index (κ3) is 5.03. The number of benzene rings is 1. The molecule has 3 rings (SSSR count). The van der Waals surface area contributed by atoms with Crippen LogP contribution in [0, 0.1) is 0 Å². The van der Waals surface area contributed by atoms with Crippen molar-refractivity contribution in [2.24, 2.45) is 0 Å². The first-order valence-electron chi connectivity index (χ1n) is 9.11. The van der Waals surface area contributed by atoms with Crippen molar-refractivity contribution >= 4 is 32.6 Å². The second-order valence-corrected chi connectivity index (χ2v) is 6.73. The van der Waals surface area contributed by atoms with Crippen LogP contribution in [0.25, 0.3) is 10.2 Å². The maximum Gasteiger partial charge on any atom is 0.279 e. The Bertz CT molecular complexity index is 920. The van der Waals surface area contributed by atoms with Gasteiger partial charge in [-0.2, -0.15) is 0 Å². The summed E-state index contributed by atoms with van der Waals surface area (Å²) in [5.41, 5.74) is 0.990. The topological polar surface area (TPSA) is 100 Å². The Morgan fingerprint density at radius 3 is 2.71 bits per heavy atom. The number of fused-ring (bicyclic) bond motifs is 1. The molecule has 1 N–H and O–H groups in total. The molecule has 10 heteroatoms. The average Bonchev–Trinajstić information content (AvgIpc) is 3.28. The van der Waals surface area contributed by atoms with Gasteiger partial charge in [0.2, 0.25) is 0 Å². The fourth-order valence-corrected chi connectivity index (χ4v) is 3.44. The van der Waals surface area contributed by atoms with E-state index in [-0.39, 0.29) is 11.6 Å². The fraction of sp³-hybridized carbons (Fsp3) is 0.444. The molecule has 28 heavy (non-hydrogen) atoms. The first-order chi connectivity index (χ1) is 13.6. The van der Waals surface area contributed by atoms with Crippen LogP contribution in [0.3, 0.4) is 0 Å². The van der Waals surface area contributed by atoms with Crippen molar-refractivity contribution in [3.8, 4) is 5.75 Å². The molecule has 3 aromatic rings. The van der Waals surface area contributed by atoms with E-state index in [1.807, 2.05) is 39.0 Å². The van der Waals surface area contributed by atoms with Crippen molar-refractivity contribution < 1.29 is 19.0 Å². The standard InChI is InChI=1S/C18H23N5O4S/c1-4-25-12-7-8-13-15(9-12)28-18(19-13)20-17(24)14-10-23(22-21-14)11-16(26-5-2)27-6-3/h7-10,16H,4-6,11H2,1-3H3,(H,19,20,24). The molecule has 1 aromatic carbocycles. The Balaban J connectivity index is 1.66. The number of ether oxygens (including phenoxy) is 3. The summed E-state index contributed by atoms with van der Waals surface area (Å²) < 4.78 is 18.9. The molecule has 2 heterocycles. The van der Waals surface area contributed by atoms with Crippen LogP contribution in [-0.2, 0) is 16.0 Å². The van der Waals surface area contributed by atoms with Gasteiger partial charge in [0.15, 0.2) is 17.1 Å². The molecule has 0 radical (unpaired) electrons. The minimum absolute atomic E-state index is 0.195. The van der Waals surface area contributed by atoms with Gasteiger partial charge in [0.05, 0.1) is 29.6 Å². The highest BCUT2D eigenvalue weighted by molar-refractivity contribution is 7.22. The van der Waals surface area contributed by atoms with E-state index in [1.165, 1.54) is 16.0 Å². The highest BCUT2D eigenvalue weighted by Crippen LogP contribution is 2.29. The number of nitrogens with zero attached hydrogens (tertiary/aromatic N) is 4. The van der Waals surface area contributed by atoms with Gasteiger partial charge in [-0.25, -0.2) is 9.67 Å². The van der Waals surface area contributed by atoms with Crippen LogP contribution in [-0.4, -0.2) is 52.0 Å². The lowest BCUT2D eigenvalue weighted by atomic mass is 10.3. The summed E-state index contributed by atoms with van der Waals surface area (Å²) >= 11 is 1.37. The quantitative estimate of drug-likeness (QED) is 0.518. The molecule has 0 aliphatic heterocycles. The second-order valence-electron chi connectivity index (χ2n) is 5.70. The van der Waals surface area contributed by atoms with Gasteiger partial charge in [-0.15, -0.1) is 5.10 Å². The summed E-state index contributed by atoms with van der Waals surface area (Å²) in [5, 5.41) is 11.2. The predicted molar refractivity (Wildman–Crippen MR) is 106 cm³/mol. The van der Waals surface area contributed by atoms with Gasteiger partial charge in [-0.1, -0.05) is 16.6 Å². The summed E-state index contributed by atoms with van der Waals surface area (Å²) in [4.78, 5) is 16.9. The van der Waals surface area contributed by atoms with E-state index in [4.69, 9.17) is 14.2 Å². The number of carbonyl (C=O) groups excluding carboxylic acids is 1. The van der Waals surface area contributed by atoms with E-state index in [0.717, 1.165) is 16.0 Å². The van der Waals surface area contributed by atoms with E-state index in [9.17, 15) is 4.79 Å². The highest BCUT2D eigenvalue weighted by atomic mass is 32.1. The van der Waals surface area contributed by atoms with E-state index >= 15 is 0 Å². The molecule has 0 saturated heterocycles. The molecule has 0 atom stereocenters. The van der Waals surface area contributed by atoms with E-state index in [0.29, 0.717) is 31.5 Å². The minimum atomic E-state index is -0.434. The number of rotatable bonds is 10. The highest BCUT2D eigenvalue weighted by Gasteiger charge is 2.16. The largest absolute Gasteiger partial charge is 0.494 e. The van der Waals surface area contributed by atoms with Gasteiger partial charge >= 0.3 is 0 Å². The molecule has 0 saturated carbocycles.